The maximum absolute atomic E-state index is 14.5. The monoisotopic (exact) mass is 478 g/mol. The van der Waals surface area contributed by atoms with Crippen LogP contribution in [0.5, 0.6) is 0 Å². The lowest BCUT2D eigenvalue weighted by Crippen LogP contribution is -2.46. The van der Waals surface area contributed by atoms with Gasteiger partial charge < -0.3 is 15.2 Å². The Balaban J connectivity index is 1.71. The van der Waals surface area contributed by atoms with Gasteiger partial charge in [-0.15, -0.1) is 0 Å². The van der Waals surface area contributed by atoms with E-state index in [4.69, 9.17) is 11.6 Å². The molecule has 0 spiro atoms. The number of aromatic amines is 1. The number of H-pyrrole nitrogens is 1. The van der Waals surface area contributed by atoms with E-state index in [9.17, 15) is 31.1 Å². The number of fused-ring (bicyclic) bond motifs is 1. The number of nitrogens with zero attached hydrogens (tertiary/aromatic N) is 4. The third kappa shape index (κ3) is 4.42. The van der Waals surface area contributed by atoms with Crippen LogP contribution in [-0.2, 0) is 4.79 Å². The first-order valence-corrected chi connectivity index (χ1v) is 9.46. The molecule has 1 amide bonds. The molecule has 1 aliphatic rings. The van der Waals surface area contributed by atoms with Crippen molar-refractivity contribution in [2.75, 3.05) is 18.0 Å². The summed E-state index contributed by atoms with van der Waals surface area (Å²) in [5.41, 5.74) is 0.747. The fourth-order valence-electron chi connectivity index (χ4n) is 3.43. The molecule has 32 heavy (non-hydrogen) atoms. The summed E-state index contributed by atoms with van der Waals surface area (Å²) in [6, 6.07) is -0.219. The Morgan fingerprint density at radius 1 is 1.31 bits per heavy atom. The zero-order chi connectivity index (χ0) is 23.3. The van der Waals surface area contributed by atoms with Crippen molar-refractivity contribution in [3.63, 3.8) is 0 Å². The lowest BCUT2D eigenvalue weighted by molar-refractivity contribution is -0.139. The van der Waals surface area contributed by atoms with Crippen LogP contribution in [0.25, 0.3) is 22.4 Å². The minimum atomic E-state index is -4.74. The summed E-state index contributed by atoms with van der Waals surface area (Å²) in [5.74, 6) is -6.60. The van der Waals surface area contributed by atoms with E-state index in [2.05, 4.69) is 19.9 Å². The van der Waals surface area contributed by atoms with Gasteiger partial charge in [0.1, 0.15) is 18.2 Å². The number of hydrogen-bond acceptors (Lipinski definition) is 5. The highest BCUT2D eigenvalue weighted by Gasteiger charge is 2.49. The molecule has 0 radical (unpaired) electrons. The molecule has 170 valence electrons. The Labute approximate surface area is 180 Å². The number of pyridine rings is 1. The minimum absolute atomic E-state index is 0.0821. The van der Waals surface area contributed by atoms with Gasteiger partial charge in [-0.05, 0) is 6.07 Å². The summed E-state index contributed by atoms with van der Waals surface area (Å²) in [6.45, 7) is -2.81. The van der Waals surface area contributed by atoms with Crippen molar-refractivity contribution in [2.45, 2.75) is 24.6 Å². The molecule has 3 aromatic rings. The second-order valence-electron chi connectivity index (χ2n) is 7.15. The van der Waals surface area contributed by atoms with Crippen LogP contribution in [-0.4, -0.2) is 57.1 Å². The molecule has 4 rings (SSSR count). The van der Waals surface area contributed by atoms with Crippen molar-refractivity contribution in [1.29, 1.82) is 0 Å². The number of rotatable bonds is 4. The Hall–Kier alpha value is -3.09. The molecule has 1 atom stereocenters. The van der Waals surface area contributed by atoms with Crippen LogP contribution in [0.3, 0.4) is 0 Å². The summed E-state index contributed by atoms with van der Waals surface area (Å²) >= 11 is 5.95. The molecule has 1 aliphatic heterocycles. The zero-order valence-corrected chi connectivity index (χ0v) is 16.6. The van der Waals surface area contributed by atoms with Crippen LogP contribution in [0.4, 0.5) is 32.2 Å². The second-order valence-corrected chi connectivity index (χ2v) is 7.59. The van der Waals surface area contributed by atoms with Crippen molar-refractivity contribution in [1.82, 2.24) is 25.3 Å². The molecule has 1 fully saturated rings. The van der Waals surface area contributed by atoms with Crippen LogP contribution in [0.2, 0.25) is 5.02 Å². The van der Waals surface area contributed by atoms with E-state index in [1.165, 1.54) is 12.4 Å². The molecule has 7 nitrogen and oxygen atoms in total. The van der Waals surface area contributed by atoms with Crippen LogP contribution in [0.1, 0.15) is 6.42 Å². The average Bonchev–Trinajstić information content (AvgIpc) is 3.26. The number of anilines is 1. The largest absolute Gasteiger partial charge is 0.405 e. The molecule has 0 aliphatic carbocycles. The van der Waals surface area contributed by atoms with Crippen LogP contribution < -0.4 is 10.2 Å². The fourth-order valence-corrected chi connectivity index (χ4v) is 3.59. The topological polar surface area (TPSA) is 86.8 Å². The summed E-state index contributed by atoms with van der Waals surface area (Å²) in [7, 11) is 0. The predicted octanol–water partition coefficient (Wildman–Crippen LogP) is 3.70. The maximum atomic E-state index is 14.5. The van der Waals surface area contributed by atoms with Crippen molar-refractivity contribution < 1.29 is 31.1 Å². The first-order valence-electron chi connectivity index (χ1n) is 9.08. The lowest BCUT2D eigenvalue weighted by atomic mass is 10.1. The zero-order valence-electron chi connectivity index (χ0n) is 15.9. The Morgan fingerprint density at radius 2 is 2.06 bits per heavy atom. The SMILES string of the molecule is O=C(NCC(F)(F)F)[C@H]1CC(F)(F)CN1c1nc(-c2c[nH]c3ncc(Cl)cc23)ncc1F. The van der Waals surface area contributed by atoms with Gasteiger partial charge in [-0.3, -0.25) is 4.79 Å². The molecular formula is C18H13ClF6N6O. The highest BCUT2D eigenvalue weighted by molar-refractivity contribution is 6.31. The molecule has 1 saturated heterocycles. The van der Waals surface area contributed by atoms with E-state index in [1.807, 2.05) is 0 Å². The minimum Gasteiger partial charge on any atom is -0.345 e. The van der Waals surface area contributed by atoms with E-state index in [1.54, 1.807) is 11.4 Å². The number of alkyl halides is 5. The summed E-state index contributed by atoms with van der Waals surface area (Å²) in [4.78, 5) is 27.6. The fraction of sp³-hybridized carbons (Fsp3) is 0.333. The number of aromatic nitrogens is 4. The van der Waals surface area contributed by atoms with Gasteiger partial charge in [0, 0.05) is 29.8 Å². The highest BCUT2D eigenvalue weighted by Crippen LogP contribution is 2.37. The van der Waals surface area contributed by atoms with Crippen molar-refractivity contribution in [3.05, 3.63) is 35.5 Å². The molecule has 3 aromatic heterocycles. The van der Waals surface area contributed by atoms with Crippen molar-refractivity contribution >= 4 is 34.4 Å². The third-order valence-electron chi connectivity index (χ3n) is 4.77. The van der Waals surface area contributed by atoms with E-state index in [0.29, 0.717) is 26.5 Å². The van der Waals surface area contributed by atoms with Crippen LogP contribution in [0, 0.1) is 5.82 Å². The van der Waals surface area contributed by atoms with E-state index in [0.717, 1.165) is 6.20 Å². The summed E-state index contributed by atoms with van der Waals surface area (Å²) < 4.78 is 80.0. The summed E-state index contributed by atoms with van der Waals surface area (Å²) in [6.07, 6.45) is -2.26. The molecule has 14 heteroatoms. The normalized spacial score (nSPS) is 18.3. The molecule has 2 N–H and O–H groups in total. The van der Waals surface area contributed by atoms with Gasteiger partial charge in [0.05, 0.1) is 17.8 Å². The second kappa shape index (κ2) is 7.80. The maximum Gasteiger partial charge on any atom is 0.405 e. The Bertz CT molecular complexity index is 1180. The van der Waals surface area contributed by atoms with Crippen molar-refractivity contribution in [2.24, 2.45) is 0 Å². The van der Waals surface area contributed by atoms with Gasteiger partial charge in [0.15, 0.2) is 17.5 Å². The number of halogens is 7. The predicted molar refractivity (Wildman–Crippen MR) is 102 cm³/mol. The number of nitrogens with one attached hydrogen (secondary N) is 2. The molecule has 0 saturated carbocycles. The number of hydrogen-bond donors (Lipinski definition) is 2. The standard InChI is InChI=1S/C18H13ClF6N6O/c19-8-1-9-10(4-27-13(9)26-3-8)14-28-5-11(20)15(30-14)31-7-17(21,22)2-12(31)16(32)29-6-18(23,24)25/h1,3-5,12H,2,6-7H2,(H,26,27)(H,29,32)/t12-/m1/s1. The first kappa shape index (κ1) is 22.1. The van der Waals surface area contributed by atoms with E-state index >= 15 is 0 Å². The molecule has 0 unspecified atom stereocenters. The van der Waals surface area contributed by atoms with Gasteiger partial charge in [-0.1, -0.05) is 11.6 Å². The van der Waals surface area contributed by atoms with E-state index in [-0.39, 0.29) is 5.82 Å². The van der Waals surface area contributed by atoms with Gasteiger partial charge >= 0.3 is 6.18 Å². The van der Waals surface area contributed by atoms with Crippen LogP contribution >= 0.6 is 11.6 Å². The van der Waals surface area contributed by atoms with Gasteiger partial charge in [0.25, 0.3) is 5.92 Å². The Morgan fingerprint density at radius 3 is 2.78 bits per heavy atom. The van der Waals surface area contributed by atoms with Crippen molar-refractivity contribution in [3.8, 4) is 11.4 Å². The smallest absolute Gasteiger partial charge is 0.345 e. The number of carbonyl (C=O) groups excluding carboxylic acids is 1. The highest BCUT2D eigenvalue weighted by atomic mass is 35.5. The molecule has 0 bridgehead atoms. The van der Waals surface area contributed by atoms with Gasteiger partial charge in [0.2, 0.25) is 5.91 Å². The van der Waals surface area contributed by atoms with Gasteiger partial charge in [-0.25, -0.2) is 28.1 Å². The van der Waals surface area contributed by atoms with Crippen LogP contribution in [0.15, 0.2) is 24.7 Å². The Kier molecular flexibility index (Phi) is 5.39. The number of amides is 1. The quantitative estimate of drug-likeness (QED) is 0.558. The van der Waals surface area contributed by atoms with Gasteiger partial charge in [-0.2, -0.15) is 13.2 Å². The lowest BCUT2D eigenvalue weighted by Gasteiger charge is -2.25. The molecule has 4 heterocycles. The summed E-state index contributed by atoms with van der Waals surface area (Å²) in [5, 5.41) is 2.33. The molecule has 0 aromatic carbocycles. The number of carbonyl (C=O) groups is 1. The first-order chi connectivity index (χ1) is 14.9. The van der Waals surface area contributed by atoms with E-state index < -0.39 is 55.2 Å². The third-order valence-corrected chi connectivity index (χ3v) is 4.98. The average molecular weight is 479 g/mol. The molecular weight excluding hydrogens is 466 g/mol.